The molecule has 0 radical (unpaired) electrons. The second-order valence-corrected chi connectivity index (χ2v) is 2.33. The standard InChI is InChI=1S/C7H5ClN2O/c1-9-7-6(8)2-5(4-11)3-10-7/h2-3,11H,4H2. The fraction of sp³-hybridized carbons (Fsp3) is 0.143. The van der Waals surface area contributed by atoms with E-state index < -0.39 is 0 Å². The lowest BCUT2D eigenvalue weighted by molar-refractivity contribution is 0.281. The predicted octanol–water partition coefficient (Wildman–Crippen LogP) is 1.78. The zero-order chi connectivity index (χ0) is 8.27. The smallest absolute Gasteiger partial charge is 0.288 e. The third-order valence-corrected chi connectivity index (χ3v) is 1.45. The SMILES string of the molecule is [C-]#[N+]c1ncc(CO)cc1Cl. The van der Waals surface area contributed by atoms with Gasteiger partial charge >= 0.3 is 0 Å². The van der Waals surface area contributed by atoms with Crippen LogP contribution in [0.25, 0.3) is 4.85 Å². The Morgan fingerprint density at radius 1 is 1.73 bits per heavy atom. The Morgan fingerprint density at radius 2 is 2.45 bits per heavy atom. The fourth-order valence-corrected chi connectivity index (χ4v) is 0.870. The molecule has 1 aromatic rings. The van der Waals surface area contributed by atoms with Crippen molar-refractivity contribution in [1.82, 2.24) is 4.98 Å². The molecule has 0 amide bonds. The molecular formula is C7H5ClN2O. The Hall–Kier alpha value is -1.11. The number of rotatable bonds is 1. The highest BCUT2D eigenvalue weighted by Gasteiger charge is 2.02. The number of pyridine rings is 1. The molecule has 0 bridgehead atoms. The van der Waals surface area contributed by atoms with Crippen LogP contribution in [-0.4, -0.2) is 10.1 Å². The van der Waals surface area contributed by atoms with E-state index in [1.807, 2.05) is 0 Å². The monoisotopic (exact) mass is 168 g/mol. The van der Waals surface area contributed by atoms with Crippen molar-refractivity contribution in [3.8, 4) is 0 Å². The summed E-state index contributed by atoms with van der Waals surface area (Å²) >= 11 is 5.62. The van der Waals surface area contributed by atoms with Gasteiger partial charge < -0.3 is 9.95 Å². The van der Waals surface area contributed by atoms with Crippen LogP contribution in [-0.2, 0) is 6.61 Å². The van der Waals surface area contributed by atoms with Gasteiger partial charge in [0.05, 0.1) is 11.6 Å². The van der Waals surface area contributed by atoms with Gasteiger partial charge in [0.15, 0.2) is 0 Å². The minimum absolute atomic E-state index is 0.106. The maximum absolute atomic E-state index is 8.65. The minimum atomic E-state index is -0.106. The molecule has 0 fully saturated rings. The third kappa shape index (κ3) is 1.67. The predicted molar refractivity (Wildman–Crippen MR) is 41.4 cm³/mol. The number of aliphatic hydroxyl groups excluding tert-OH is 1. The number of hydrogen-bond donors (Lipinski definition) is 1. The van der Waals surface area contributed by atoms with E-state index in [4.69, 9.17) is 23.3 Å². The molecule has 56 valence electrons. The Bertz CT molecular complexity index is 306. The summed E-state index contributed by atoms with van der Waals surface area (Å²) in [5.74, 6) is 0.170. The molecule has 0 saturated heterocycles. The van der Waals surface area contributed by atoms with Crippen molar-refractivity contribution in [2.24, 2.45) is 0 Å². The lowest BCUT2D eigenvalue weighted by Gasteiger charge is -1.94. The molecule has 0 spiro atoms. The van der Waals surface area contributed by atoms with Crippen LogP contribution >= 0.6 is 11.6 Å². The van der Waals surface area contributed by atoms with Crippen molar-refractivity contribution in [2.75, 3.05) is 0 Å². The van der Waals surface area contributed by atoms with Gasteiger partial charge in [-0.3, -0.25) is 0 Å². The van der Waals surface area contributed by atoms with Gasteiger partial charge in [0, 0.05) is 5.56 Å². The second kappa shape index (κ2) is 3.33. The van der Waals surface area contributed by atoms with Crippen molar-refractivity contribution in [2.45, 2.75) is 6.61 Å². The molecule has 0 saturated carbocycles. The molecule has 0 aliphatic rings. The number of aliphatic hydroxyl groups is 1. The first-order valence-electron chi connectivity index (χ1n) is 2.90. The fourth-order valence-electron chi connectivity index (χ4n) is 0.639. The van der Waals surface area contributed by atoms with Gasteiger partial charge in [-0.15, -0.1) is 4.98 Å². The first kappa shape index (κ1) is 7.99. The topological polar surface area (TPSA) is 37.5 Å². The highest BCUT2D eigenvalue weighted by atomic mass is 35.5. The van der Waals surface area contributed by atoms with Gasteiger partial charge in [-0.25, -0.2) is 0 Å². The molecule has 1 aromatic heterocycles. The van der Waals surface area contributed by atoms with Crippen LogP contribution in [0.3, 0.4) is 0 Å². The van der Waals surface area contributed by atoms with Crippen LogP contribution < -0.4 is 0 Å². The lowest BCUT2D eigenvalue weighted by Crippen LogP contribution is -1.84. The Morgan fingerprint density at radius 3 is 2.91 bits per heavy atom. The van der Waals surface area contributed by atoms with Crippen LogP contribution in [0.5, 0.6) is 0 Å². The molecule has 1 heterocycles. The maximum Gasteiger partial charge on any atom is 0.288 e. The molecule has 0 atom stereocenters. The largest absolute Gasteiger partial charge is 0.392 e. The summed E-state index contributed by atoms with van der Waals surface area (Å²) in [7, 11) is 0. The van der Waals surface area contributed by atoms with Crippen LogP contribution in [0.2, 0.25) is 5.02 Å². The Labute approximate surface area is 69.1 Å². The molecule has 1 rings (SSSR count). The van der Waals surface area contributed by atoms with Gasteiger partial charge in [-0.05, 0) is 6.07 Å². The summed E-state index contributed by atoms with van der Waals surface area (Å²) in [5, 5.41) is 8.93. The van der Waals surface area contributed by atoms with Gasteiger partial charge in [0.2, 0.25) is 0 Å². The highest BCUT2D eigenvalue weighted by Crippen LogP contribution is 2.22. The van der Waals surface area contributed by atoms with E-state index in [2.05, 4.69) is 9.83 Å². The van der Waals surface area contributed by atoms with Crippen LogP contribution in [0.1, 0.15) is 5.56 Å². The summed E-state index contributed by atoms with van der Waals surface area (Å²) in [6.45, 7) is 6.52. The first-order valence-corrected chi connectivity index (χ1v) is 3.28. The highest BCUT2D eigenvalue weighted by molar-refractivity contribution is 6.33. The summed E-state index contributed by atoms with van der Waals surface area (Å²) in [5.41, 5.74) is 0.613. The van der Waals surface area contributed by atoms with Crippen LogP contribution in [0.15, 0.2) is 12.3 Å². The van der Waals surface area contributed by atoms with E-state index in [9.17, 15) is 0 Å². The lowest BCUT2D eigenvalue weighted by atomic mass is 10.3. The van der Waals surface area contributed by atoms with Crippen LogP contribution in [0.4, 0.5) is 5.82 Å². The molecule has 0 aliphatic carbocycles. The zero-order valence-electron chi connectivity index (χ0n) is 5.58. The summed E-state index contributed by atoms with van der Waals surface area (Å²) in [6, 6.07) is 1.53. The molecule has 11 heavy (non-hydrogen) atoms. The normalized spacial score (nSPS) is 9.18. The minimum Gasteiger partial charge on any atom is -0.392 e. The van der Waals surface area contributed by atoms with E-state index >= 15 is 0 Å². The molecule has 0 unspecified atom stereocenters. The number of hydrogen-bond acceptors (Lipinski definition) is 2. The zero-order valence-corrected chi connectivity index (χ0v) is 6.34. The van der Waals surface area contributed by atoms with E-state index in [0.717, 1.165) is 0 Å². The second-order valence-electron chi connectivity index (χ2n) is 1.92. The summed E-state index contributed by atoms with van der Waals surface area (Å²) < 4.78 is 0. The Kier molecular flexibility index (Phi) is 2.42. The molecule has 0 aliphatic heterocycles. The number of aromatic nitrogens is 1. The average molecular weight is 169 g/mol. The van der Waals surface area contributed by atoms with Crippen molar-refractivity contribution < 1.29 is 5.11 Å². The van der Waals surface area contributed by atoms with Crippen molar-refractivity contribution in [3.63, 3.8) is 0 Å². The molecule has 3 nitrogen and oxygen atoms in total. The van der Waals surface area contributed by atoms with Gasteiger partial charge in [-0.2, -0.15) is 0 Å². The summed E-state index contributed by atoms with van der Waals surface area (Å²) in [6.07, 6.45) is 1.43. The molecule has 4 heteroatoms. The van der Waals surface area contributed by atoms with E-state index in [1.54, 1.807) is 0 Å². The van der Waals surface area contributed by atoms with E-state index in [1.165, 1.54) is 12.3 Å². The van der Waals surface area contributed by atoms with Crippen molar-refractivity contribution in [1.29, 1.82) is 0 Å². The van der Waals surface area contributed by atoms with E-state index in [-0.39, 0.29) is 17.4 Å². The van der Waals surface area contributed by atoms with Gasteiger partial charge in [-0.1, -0.05) is 18.2 Å². The summed E-state index contributed by atoms with van der Waals surface area (Å²) in [4.78, 5) is 6.79. The third-order valence-electron chi connectivity index (χ3n) is 1.17. The van der Waals surface area contributed by atoms with Crippen LogP contribution in [0, 0.1) is 6.57 Å². The average Bonchev–Trinajstić information content (AvgIpc) is 2.04. The molecule has 1 N–H and O–H groups in total. The van der Waals surface area contributed by atoms with Gasteiger partial charge in [0.1, 0.15) is 6.20 Å². The first-order chi connectivity index (χ1) is 5.27. The molecule has 0 aromatic carbocycles. The Balaban J connectivity index is 3.12. The van der Waals surface area contributed by atoms with E-state index in [0.29, 0.717) is 5.56 Å². The van der Waals surface area contributed by atoms with Gasteiger partial charge in [0.25, 0.3) is 5.82 Å². The number of nitrogens with zero attached hydrogens (tertiary/aromatic N) is 2. The molecular weight excluding hydrogens is 164 g/mol. The van der Waals surface area contributed by atoms with Crippen molar-refractivity contribution in [3.05, 3.63) is 34.3 Å². The number of halogens is 1. The quantitative estimate of drug-likeness (QED) is 0.649. The van der Waals surface area contributed by atoms with Crippen molar-refractivity contribution >= 4 is 17.4 Å². The maximum atomic E-state index is 8.65.